The van der Waals surface area contributed by atoms with E-state index in [1.54, 1.807) is 7.11 Å². The van der Waals surface area contributed by atoms with E-state index >= 15 is 0 Å². The number of methoxy groups -OCH3 is 1. The number of halogens is 1. The van der Waals surface area contributed by atoms with Gasteiger partial charge in [-0.2, -0.15) is 0 Å². The summed E-state index contributed by atoms with van der Waals surface area (Å²) in [5, 5.41) is 0.143. The molecule has 3 heteroatoms. The third kappa shape index (κ3) is 3.18. The zero-order valence-electron chi connectivity index (χ0n) is 11.1. The van der Waals surface area contributed by atoms with Crippen LogP contribution in [0.5, 0.6) is 5.75 Å². The minimum atomic E-state index is 0.143. The van der Waals surface area contributed by atoms with Crippen molar-refractivity contribution in [2.45, 2.75) is 37.7 Å². The molecule has 3 atom stereocenters. The quantitative estimate of drug-likeness (QED) is 0.759. The molecule has 0 aromatic heterocycles. The molecular weight excluding hydrogens is 248 g/mol. The first-order valence-corrected chi connectivity index (χ1v) is 7.06. The van der Waals surface area contributed by atoms with Gasteiger partial charge < -0.3 is 9.47 Å². The molecule has 2 rings (SSSR count). The highest BCUT2D eigenvalue weighted by molar-refractivity contribution is 6.21. The van der Waals surface area contributed by atoms with E-state index in [0.29, 0.717) is 12.0 Å². The average Bonchev–Trinajstić information content (AvgIpc) is 2.87. The number of rotatable bonds is 5. The Bertz CT molecular complexity index is 381. The third-order valence-corrected chi connectivity index (χ3v) is 4.17. The van der Waals surface area contributed by atoms with E-state index in [4.69, 9.17) is 21.1 Å². The van der Waals surface area contributed by atoms with Crippen LogP contribution in [0.3, 0.4) is 0 Å². The first-order valence-electron chi connectivity index (χ1n) is 6.63. The molecule has 18 heavy (non-hydrogen) atoms. The van der Waals surface area contributed by atoms with Crippen molar-refractivity contribution in [1.82, 2.24) is 0 Å². The van der Waals surface area contributed by atoms with Gasteiger partial charge in [-0.1, -0.05) is 19.1 Å². The monoisotopic (exact) mass is 268 g/mol. The number of hydrogen-bond acceptors (Lipinski definition) is 2. The Hall–Kier alpha value is -0.730. The minimum Gasteiger partial charge on any atom is -0.497 e. The normalized spacial score (nSPS) is 25.1. The Labute approximate surface area is 114 Å². The second kappa shape index (κ2) is 6.44. The van der Waals surface area contributed by atoms with Gasteiger partial charge in [0.05, 0.1) is 13.2 Å². The molecule has 0 spiro atoms. The summed E-state index contributed by atoms with van der Waals surface area (Å²) in [6.45, 7) is 3.02. The van der Waals surface area contributed by atoms with Gasteiger partial charge in [0, 0.05) is 17.9 Å². The van der Waals surface area contributed by atoms with Crippen LogP contribution >= 0.6 is 11.6 Å². The highest BCUT2D eigenvalue weighted by Gasteiger charge is 2.32. The highest BCUT2D eigenvalue weighted by atomic mass is 35.5. The minimum absolute atomic E-state index is 0.143. The second-order valence-electron chi connectivity index (χ2n) is 4.84. The molecule has 3 unspecified atom stereocenters. The van der Waals surface area contributed by atoms with Crippen LogP contribution in [0.1, 0.15) is 25.3 Å². The molecule has 1 saturated heterocycles. The Morgan fingerprint density at radius 2 is 2.33 bits per heavy atom. The van der Waals surface area contributed by atoms with Crippen LogP contribution in [0, 0.1) is 5.92 Å². The van der Waals surface area contributed by atoms with Gasteiger partial charge in [-0.05, 0) is 37.0 Å². The molecule has 0 amide bonds. The standard InChI is InChI=1S/C15H21ClO2/c1-3-15-13(7-8-18-15)14(16)10-11-5-4-6-12(9-11)17-2/h4-6,9,13-15H,3,7-8,10H2,1-2H3. The first kappa shape index (κ1) is 13.7. The molecule has 0 saturated carbocycles. The zero-order chi connectivity index (χ0) is 13.0. The maximum Gasteiger partial charge on any atom is 0.119 e. The smallest absolute Gasteiger partial charge is 0.119 e. The fourth-order valence-electron chi connectivity index (χ4n) is 2.68. The Kier molecular flexibility index (Phi) is 4.90. The maximum absolute atomic E-state index is 6.57. The van der Waals surface area contributed by atoms with Gasteiger partial charge in [0.25, 0.3) is 0 Å². The first-order chi connectivity index (χ1) is 8.74. The van der Waals surface area contributed by atoms with Crippen molar-refractivity contribution in [3.63, 3.8) is 0 Å². The molecule has 0 radical (unpaired) electrons. The summed E-state index contributed by atoms with van der Waals surface area (Å²) in [5.74, 6) is 1.37. The van der Waals surface area contributed by atoms with Crippen molar-refractivity contribution in [2.75, 3.05) is 13.7 Å². The van der Waals surface area contributed by atoms with Crippen LogP contribution in [0.4, 0.5) is 0 Å². The van der Waals surface area contributed by atoms with Crippen molar-refractivity contribution < 1.29 is 9.47 Å². The molecule has 100 valence electrons. The molecule has 1 aliphatic rings. The molecule has 1 aliphatic heterocycles. The van der Waals surface area contributed by atoms with Crippen molar-refractivity contribution >= 4 is 11.6 Å². The lowest BCUT2D eigenvalue weighted by Gasteiger charge is -2.22. The van der Waals surface area contributed by atoms with Crippen molar-refractivity contribution in [1.29, 1.82) is 0 Å². The van der Waals surface area contributed by atoms with Crippen LogP contribution < -0.4 is 4.74 Å². The Morgan fingerprint density at radius 3 is 3.06 bits per heavy atom. The molecule has 0 aliphatic carbocycles. The summed E-state index contributed by atoms with van der Waals surface area (Å²) in [4.78, 5) is 0. The second-order valence-corrected chi connectivity index (χ2v) is 5.40. The van der Waals surface area contributed by atoms with Crippen molar-refractivity contribution in [2.24, 2.45) is 5.92 Å². The molecular formula is C15H21ClO2. The maximum atomic E-state index is 6.57. The third-order valence-electron chi connectivity index (χ3n) is 3.69. The number of benzene rings is 1. The summed E-state index contributed by atoms with van der Waals surface area (Å²) < 4.78 is 10.9. The van der Waals surface area contributed by atoms with Crippen LogP contribution in [-0.2, 0) is 11.2 Å². The highest BCUT2D eigenvalue weighted by Crippen LogP contribution is 2.31. The Morgan fingerprint density at radius 1 is 1.50 bits per heavy atom. The summed E-state index contributed by atoms with van der Waals surface area (Å²) in [5.41, 5.74) is 1.23. The number of hydrogen-bond donors (Lipinski definition) is 0. The van der Waals surface area contributed by atoms with E-state index in [1.165, 1.54) is 5.56 Å². The van der Waals surface area contributed by atoms with E-state index in [9.17, 15) is 0 Å². The molecule has 1 aromatic carbocycles. The van der Waals surface area contributed by atoms with Gasteiger partial charge in [-0.15, -0.1) is 11.6 Å². The van der Waals surface area contributed by atoms with E-state index in [2.05, 4.69) is 19.1 Å². The predicted octanol–water partition coefficient (Wildman–Crippen LogP) is 3.66. The van der Waals surface area contributed by atoms with Crippen LogP contribution in [-0.4, -0.2) is 25.2 Å². The fourth-order valence-corrected chi connectivity index (χ4v) is 3.14. The van der Waals surface area contributed by atoms with Gasteiger partial charge in [0.1, 0.15) is 5.75 Å². The molecule has 0 N–H and O–H groups in total. The predicted molar refractivity (Wildman–Crippen MR) is 74.5 cm³/mol. The summed E-state index contributed by atoms with van der Waals surface area (Å²) in [6.07, 6.45) is 3.34. The largest absolute Gasteiger partial charge is 0.497 e. The van der Waals surface area contributed by atoms with Gasteiger partial charge in [0.2, 0.25) is 0 Å². The number of alkyl halides is 1. The SMILES string of the molecule is CCC1OCCC1C(Cl)Cc1cccc(OC)c1. The van der Waals surface area contributed by atoms with Gasteiger partial charge in [0.15, 0.2) is 0 Å². The average molecular weight is 269 g/mol. The van der Waals surface area contributed by atoms with Crippen molar-refractivity contribution in [3.05, 3.63) is 29.8 Å². The molecule has 1 heterocycles. The van der Waals surface area contributed by atoms with Crippen LogP contribution in [0.15, 0.2) is 24.3 Å². The summed E-state index contributed by atoms with van der Waals surface area (Å²) in [7, 11) is 1.69. The summed E-state index contributed by atoms with van der Waals surface area (Å²) >= 11 is 6.57. The molecule has 1 aromatic rings. The van der Waals surface area contributed by atoms with E-state index in [1.807, 2.05) is 12.1 Å². The summed E-state index contributed by atoms with van der Waals surface area (Å²) in [6, 6.07) is 8.14. The number of ether oxygens (including phenoxy) is 2. The topological polar surface area (TPSA) is 18.5 Å². The van der Waals surface area contributed by atoms with Crippen LogP contribution in [0.25, 0.3) is 0 Å². The molecule has 2 nitrogen and oxygen atoms in total. The Balaban J connectivity index is 1.99. The zero-order valence-corrected chi connectivity index (χ0v) is 11.8. The van der Waals surface area contributed by atoms with E-state index in [0.717, 1.165) is 31.6 Å². The van der Waals surface area contributed by atoms with E-state index in [-0.39, 0.29) is 5.38 Å². The van der Waals surface area contributed by atoms with Gasteiger partial charge in [-0.25, -0.2) is 0 Å². The van der Waals surface area contributed by atoms with E-state index < -0.39 is 0 Å². The lowest BCUT2D eigenvalue weighted by molar-refractivity contribution is 0.0865. The lowest BCUT2D eigenvalue weighted by atomic mass is 9.92. The van der Waals surface area contributed by atoms with Crippen LogP contribution in [0.2, 0.25) is 0 Å². The van der Waals surface area contributed by atoms with Crippen molar-refractivity contribution in [3.8, 4) is 5.75 Å². The van der Waals surface area contributed by atoms with Gasteiger partial charge in [-0.3, -0.25) is 0 Å². The molecule has 1 fully saturated rings. The fraction of sp³-hybridized carbons (Fsp3) is 0.600. The molecule has 0 bridgehead atoms. The van der Waals surface area contributed by atoms with Gasteiger partial charge >= 0.3 is 0 Å². The lowest BCUT2D eigenvalue weighted by Crippen LogP contribution is -2.25.